The van der Waals surface area contributed by atoms with Crippen molar-refractivity contribution in [3.8, 4) is 17.1 Å². The van der Waals surface area contributed by atoms with Crippen LogP contribution in [-0.4, -0.2) is 42.3 Å². The quantitative estimate of drug-likeness (QED) is 0.541. The SMILES string of the molecule is COc1ccc(-c2cc(CN(C[C@H]3CCCO3)C(=O)c3ccc(Cl)cc3)no2)cc1. The highest BCUT2D eigenvalue weighted by atomic mass is 35.5. The van der Waals surface area contributed by atoms with Gasteiger partial charge in [-0.1, -0.05) is 16.8 Å². The molecule has 6 nitrogen and oxygen atoms in total. The lowest BCUT2D eigenvalue weighted by molar-refractivity contribution is 0.0502. The summed E-state index contributed by atoms with van der Waals surface area (Å²) in [6.45, 7) is 1.58. The van der Waals surface area contributed by atoms with Gasteiger partial charge in [0.1, 0.15) is 11.4 Å². The summed E-state index contributed by atoms with van der Waals surface area (Å²) in [7, 11) is 1.63. The molecule has 1 atom stereocenters. The van der Waals surface area contributed by atoms with E-state index in [1.165, 1.54) is 0 Å². The molecule has 0 saturated carbocycles. The van der Waals surface area contributed by atoms with Crippen LogP contribution in [0.4, 0.5) is 0 Å². The third-order valence-corrected chi connectivity index (χ3v) is 5.36. The van der Waals surface area contributed by atoms with E-state index in [1.54, 1.807) is 36.3 Å². The fraction of sp³-hybridized carbons (Fsp3) is 0.304. The molecule has 0 aliphatic carbocycles. The number of nitrogens with zero attached hydrogens (tertiary/aromatic N) is 2. The van der Waals surface area contributed by atoms with Gasteiger partial charge in [-0.15, -0.1) is 0 Å². The third-order valence-electron chi connectivity index (χ3n) is 5.11. The topological polar surface area (TPSA) is 64.8 Å². The second kappa shape index (κ2) is 9.32. The van der Waals surface area contributed by atoms with E-state index in [9.17, 15) is 4.79 Å². The smallest absolute Gasteiger partial charge is 0.254 e. The van der Waals surface area contributed by atoms with E-state index in [-0.39, 0.29) is 12.0 Å². The molecule has 7 heteroatoms. The Bertz CT molecular complexity index is 979. The zero-order chi connectivity index (χ0) is 20.9. The molecule has 1 saturated heterocycles. The van der Waals surface area contributed by atoms with Gasteiger partial charge in [-0.25, -0.2) is 0 Å². The van der Waals surface area contributed by atoms with E-state index in [1.807, 2.05) is 30.3 Å². The van der Waals surface area contributed by atoms with Gasteiger partial charge in [0.2, 0.25) is 0 Å². The highest BCUT2D eigenvalue weighted by molar-refractivity contribution is 6.30. The molecular formula is C23H23ClN2O4. The maximum atomic E-state index is 13.2. The van der Waals surface area contributed by atoms with Crippen molar-refractivity contribution < 1.29 is 18.8 Å². The van der Waals surface area contributed by atoms with E-state index in [0.717, 1.165) is 30.8 Å². The van der Waals surface area contributed by atoms with E-state index >= 15 is 0 Å². The van der Waals surface area contributed by atoms with Gasteiger partial charge in [0.15, 0.2) is 5.76 Å². The van der Waals surface area contributed by atoms with Gasteiger partial charge < -0.3 is 18.9 Å². The highest BCUT2D eigenvalue weighted by Gasteiger charge is 2.25. The number of rotatable bonds is 7. The van der Waals surface area contributed by atoms with Gasteiger partial charge in [-0.2, -0.15) is 0 Å². The van der Waals surface area contributed by atoms with E-state index < -0.39 is 0 Å². The summed E-state index contributed by atoms with van der Waals surface area (Å²) in [4.78, 5) is 14.9. The summed E-state index contributed by atoms with van der Waals surface area (Å²) < 4.78 is 16.5. The minimum Gasteiger partial charge on any atom is -0.497 e. The second-order valence-corrected chi connectivity index (χ2v) is 7.68. The molecule has 2 aromatic carbocycles. The van der Waals surface area contributed by atoms with Crippen LogP contribution in [0.2, 0.25) is 5.02 Å². The molecule has 1 aliphatic heterocycles. The van der Waals surface area contributed by atoms with Crippen molar-refractivity contribution >= 4 is 17.5 Å². The lowest BCUT2D eigenvalue weighted by atomic mass is 10.1. The Morgan fingerprint density at radius 1 is 1.20 bits per heavy atom. The highest BCUT2D eigenvalue weighted by Crippen LogP contribution is 2.24. The number of halogens is 1. The van der Waals surface area contributed by atoms with Gasteiger partial charge in [-0.05, 0) is 61.4 Å². The van der Waals surface area contributed by atoms with E-state index in [2.05, 4.69) is 5.16 Å². The number of carbonyl (C=O) groups is 1. The van der Waals surface area contributed by atoms with Crippen molar-refractivity contribution in [1.29, 1.82) is 0 Å². The monoisotopic (exact) mass is 426 g/mol. The first-order valence-corrected chi connectivity index (χ1v) is 10.3. The minimum atomic E-state index is -0.0869. The normalized spacial score (nSPS) is 15.9. The fourth-order valence-corrected chi connectivity index (χ4v) is 3.63. The summed E-state index contributed by atoms with van der Waals surface area (Å²) in [6.07, 6.45) is 1.99. The lowest BCUT2D eigenvalue weighted by Crippen LogP contribution is -2.37. The zero-order valence-electron chi connectivity index (χ0n) is 16.7. The van der Waals surface area contributed by atoms with Crippen LogP contribution in [-0.2, 0) is 11.3 Å². The summed E-state index contributed by atoms with van der Waals surface area (Å²) in [5.74, 6) is 1.33. The molecule has 0 spiro atoms. The van der Waals surface area contributed by atoms with Crippen molar-refractivity contribution in [1.82, 2.24) is 10.1 Å². The maximum Gasteiger partial charge on any atom is 0.254 e. The number of hydrogen-bond donors (Lipinski definition) is 0. The Hall–Kier alpha value is -2.83. The van der Waals surface area contributed by atoms with Gasteiger partial charge in [0.05, 0.1) is 19.8 Å². The van der Waals surface area contributed by atoms with Crippen molar-refractivity contribution in [2.24, 2.45) is 0 Å². The largest absolute Gasteiger partial charge is 0.497 e. The van der Waals surface area contributed by atoms with Crippen molar-refractivity contribution in [3.05, 3.63) is 70.9 Å². The third kappa shape index (κ3) is 4.83. The van der Waals surface area contributed by atoms with Gasteiger partial charge in [0.25, 0.3) is 5.91 Å². The van der Waals surface area contributed by atoms with Crippen LogP contribution in [0.15, 0.2) is 59.1 Å². The Labute approximate surface area is 180 Å². The van der Waals surface area contributed by atoms with Crippen LogP contribution in [0, 0.1) is 0 Å². The van der Waals surface area contributed by atoms with Crippen LogP contribution < -0.4 is 4.74 Å². The maximum absolute atomic E-state index is 13.2. The number of hydrogen-bond acceptors (Lipinski definition) is 5. The van der Waals surface area contributed by atoms with Crippen LogP contribution in [0.25, 0.3) is 11.3 Å². The summed E-state index contributed by atoms with van der Waals surface area (Å²) >= 11 is 5.97. The molecule has 0 N–H and O–H groups in total. The Morgan fingerprint density at radius 2 is 1.97 bits per heavy atom. The number of amides is 1. The first-order chi connectivity index (χ1) is 14.6. The Balaban J connectivity index is 1.52. The molecule has 0 radical (unpaired) electrons. The predicted octanol–water partition coefficient (Wildman–Crippen LogP) is 4.83. The number of methoxy groups -OCH3 is 1. The molecule has 156 valence electrons. The molecule has 1 aliphatic rings. The summed E-state index contributed by atoms with van der Waals surface area (Å²) in [6, 6.07) is 16.3. The predicted molar refractivity (Wildman–Crippen MR) is 114 cm³/mol. The summed E-state index contributed by atoms with van der Waals surface area (Å²) in [5, 5.41) is 4.77. The summed E-state index contributed by atoms with van der Waals surface area (Å²) in [5.41, 5.74) is 2.15. The molecule has 0 unspecified atom stereocenters. The molecule has 1 fully saturated rings. The average Bonchev–Trinajstić information content (AvgIpc) is 3.46. The second-order valence-electron chi connectivity index (χ2n) is 7.24. The number of aromatic nitrogens is 1. The zero-order valence-corrected chi connectivity index (χ0v) is 17.5. The van der Waals surface area contributed by atoms with Crippen LogP contribution >= 0.6 is 11.6 Å². The molecular weight excluding hydrogens is 404 g/mol. The first kappa shape index (κ1) is 20.4. The molecule has 30 heavy (non-hydrogen) atoms. The van der Waals surface area contributed by atoms with Crippen LogP contribution in [0.5, 0.6) is 5.75 Å². The van der Waals surface area contributed by atoms with Crippen LogP contribution in [0.1, 0.15) is 28.9 Å². The number of ether oxygens (including phenoxy) is 2. The van der Waals surface area contributed by atoms with Crippen molar-refractivity contribution in [2.45, 2.75) is 25.5 Å². The molecule has 2 heterocycles. The minimum absolute atomic E-state index is 0.0363. The molecule has 3 aromatic rings. The Kier molecular flexibility index (Phi) is 6.35. The molecule has 0 bridgehead atoms. The van der Waals surface area contributed by atoms with E-state index in [4.69, 9.17) is 25.6 Å². The Morgan fingerprint density at radius 3 is 2.63 bits per heavy atom. The number of carbonyl (C=O) groups excluding carboxylic acids is 1. The molecule has 1 amide bonds. The number of benzene rings is 2. The van der Waals surface area contributed by atoms with Gasteiger partial charge in [-0.3, -0.25) is 4.79 Å². The standard InChI is InChI=1S/C23H23ClN2O4/c1-28-20-10-6-16(7-11-20)22-13-19(25-30-22)14-26(15-21-3-2-12-29-21)23(27)17-4-8-18(24)9-5-17/h4-11,13,21H,2-3,12,14-15H2,1H3/t21-/m1/s1. The fourth-order valence-electron chi connectivity index (χ4n) is 3.50. The molecule has 4 rings (SSSR count). The van der Waals surface area contributed by atoms with Crippen LogP contribution in [0.3, 0.4) is 0 Å². The molecule has 1 aromatic heterocycles. The van der Waals surface area contributed by atoms with Gasteiger partial charge in [0, 0.05) is 35.4 Å². The van der Waals surface area contributed by atoms with Gasteiger partial charge >= 0.3 is 0 Å². The average molecular weight is 427 g/mol. The van der Waals surface area contributed by atoms with Crippen molar-refractivity contribution in [3.63, 3.8) is 0 Å². The lowest BCUT2D eigenvalue weighted by Gasteiger charge is -2.24. The van der Waals surface area contributed by atoms with Crippen molar-refractivity contribution in [2.75, 3.05) is 20.3 Å². The first-order valence-electron chi connectivity index (χ1n) is 9.89. The van der Waals surface area contributed by atoms with E-state index in [0.29, 0.717) is 35.1 Å².